The highest BCUT2D eigenvalue weighted by Crippen LogP contribution is 2.24. The smallest absolute Gasteiger partial charge is 0.217 e. The fourth-order valence-electron chi connectivity index (χ4n) is 1.60. The number of rotatable bonds is 3. The van der Waals surface area contributed by atoms with Crippen LogP contribution in [0.2, 0.25) is 0 Å². The molecule has 2 unspecified atom stereocenters. The van der Waals surface area contributed by atoms with Gasteiger partial charge in [0, 0.05) is 6.61 Å². The van der Waals surface area contributed by atoms with Crippen LogP contribution in [0.15, 0.2) is 17.3 Å². The van der Waals surface area contributed by atoms with Gasteiger partial charge in [-0.3, -0.25) is 0 Å². The van der Waals surface area contributed by atoms with Crippen LogP contribution in [0.5, 0.6) is 0 Å². The zero-order valence-corrected chi connectivity index (χ0v) is 10.9. The van der Waals surface area contributed by atoms with E-state index in [4.69, 9.17) is 7.25 Å². The summed E-state index contributed by atoms with van der Waals surface area (Å²) in [7, 11) is 0. The zero-order valence-electron chi connectivity index (χ0n) is 7.97. The van der Waals surface area contributed by atoms with Gasteiger partial charge in [-0.2, -0.15) is 5.10 Å². The van der Waals surface area contributed by atoms with Gasteiger partial charge >= 0.3 is 0 Å². The summed E-state index contributed by atoms with van der Waals surface area (Å²) in [5.41, 5.74) is 0. The Balaban J connectivity index is 2.19. The number of hydrogen-bond donors (Lipinski definition) is 0. The lowest BCUT2D eigenvalue weighted by Gasteiger charge is -2.23. The molecule has 1 aliphatic heterocycles. The molecule has 7 heteroatoms. The molecule has 0 spiro atoms. The van der Waals surface area contributed by atoms with E-state index in [0.29, 0.717) is 5.03 Å². The normalized spacial score (nSPS) is 23.9. The molecule has 84 valence electrons. The van der Waals surface area contributed by atoms with Gasteiger partial charge in [0.25, 0.3) is 0 Å². The molecular formula is C8H11IN2O3S. The average molecular weight is 342 g/mol. The summed E-state index contributed by atoms with van der Waals surface area (Å²) in [6.07, 6.45) is 4.62. The second-order valence-electron chi connectivity index (χ2n) is 3.23. The van der Waals surface area contributed by atoms with E-state index in [0.717, 1.165) is 25.9 Å². The van der Waals surface area contributed by atoms with E-state index in [1.165, 1.54) is 0 Å². The highest BCUT2D eigenvalue weighted by atomic mass is 127. The van der Waals surface area contributed by atoms with Crippen molar-refractivity contribution in [3.8, 4) is 0 Å². The summed E-state index contributed by atoms with van der Waals surface area (Å²) >= 11 is 0.155. The Morgan fingerprint density at radius 2 is 2.53 bits per heavy atom. The highest BCUT2D eigenvalue weighted by Gasteiger charge is 2.21. The first kappa shape index (κ1) is 11.5. The maximum Gasteiger partial charge on any atom is 0.217 e. The molecule has 0 aromatic carbocycles. The fraction of sp³-hybridized carbons (Fsp3) is 0.625. The van der Waals surface area contributed by atoms with E-state index in [1.807, 2.05) is 0 Å². The monoisotopic (exact) mass is 342 g/mol. The van der Waals surface area contributed by atoms with Gasteiger partial charge in [0.1, 0.15) is 23.0 Å². The summed E-state index contributed by atoms with van der Waals surface area (Å²) in [4.78, 5) is 0. The summed E-state index contributed by atoms with van der Waals surface area (Å²) < 4.78 is 23.5. The largest absolute Gasteiger partial charge is 0.356 e. The second-order valence-corrected chi connectivity index (χ2v) is 5.33. The van der Waals surface area contributed by atoms with E-state index in [2.05, 4.69) is 5.10 Å². The summed E-state index contributed by atoms with van der Waals surface area (Å²) in [5, 5.41) is 4.68. The predicted octanol–water partition coefficient (Wildman–Crippen LogP) is 1.97. The molecule has 1 aromatic heterocycles. The molecule has 2 heterocycles. The standard InChI is InChI=1S/C8H11IN2O3S/c9-14-15(12)8-4-5-10-11(8)7-3-1-2-6-13-7/h4-5,7H,1-3,6H2. The summed E-state index contributed by atoms with van der Waals surface area (Å²) in [6, 6.07) is 1.69. The van der Waals surface area contributed by atoms with Crippen LogP contribution in [0.25, 0.3) is 0 Å². The van der Waals surface area contributed by atoms with Crippen molar-refractivity contribution in [2.24, 2.45) is 0 Å². The second kappa shape index (κ2) is 5.37. The summed E-state index contributed by atoms with van der Waals surface area (Å²) in [6.45, 7) is 0.738. The van der Waals surface area contributed by atoms with Crippen LogP contribution in [0, 0.1) is 0 Å². The highest BCUT2D eigenvalue weighted by molar-refractivity contribution is 14.1. The van der Waals surface area contributed by atoms with E-state index < -0.39 is 11.1 Å². The van der Waals surface area contributed by atoms with E-state index in [1.54, 1.807) is 40.0 Å². The molecule has 0 saturated carbocycles. The minimum absolute atomic E-state index is 0.0979. The van der Waals surface area contributed by atoms with Crippen molar-refractivity contribution in [2.45, 2.75) is 30.5 Å². The molecule has 1 saturated heterocycles. The lowest BCUT2D eigenvalue weighted by atomic mass is 10.2. The minimum Gasteiger partial charge on any atom is -0.356 e. The van der Waals surface area contributed by atoms with Gasteiger partial charge in [-0.25, -0.2) is 11.4 Å². The Labute approximate surface area is 104 Å². The quantitative estimate of drug-likeness (QED) is 0.789. The maximum absolute atomic E-state index is 11.5. The van der Waals surface area contributed by atoms with Crippen molar-refractivity contribution in [3.05, 3.63) is 12.3 Å². The molecule has 2 atom stereocenters. The molecule has 5 nitrogen and oxygen atoms in total. The van der Waals surface area contributed by atoms with Gasteiger partial charge in [-0.1, -0.05) is 0 Å². The molecule has 15 heavy (non-hydrogen) atoms. The summed E-state index contributed by atoms with van der Waals surface area (Å²) in [5.74, 6) is 0. The number of halogens is 1. The lowest BCUT2D eigenvalue weighted by molar-refractivity contribution is -0.0448. The number of hydrogen-bond acceptors (Lipinski definition) is 4. The van der Waals surface area contributed by atoms with Crippen molar-refractivity contribution < 1.29 is 11.5 Å². The van der Waals surface area contributed by atoms with Crippen LogP contribution < -0.4 is 0 Å². The molecular weight excluding hydrogens is 331 g/mol. The molecule has 0 N–H and O–H groups in total. The van der Waals surface area contributed by atoms with Crippen LogP contribution in [0.4, 0.5) is 0 Å². The molecule has 1 aromatic rings. The third-order valence-corrected chi connectivity index (χ3v) is 4.05. The van der Waals surface area contributed by atoms with Gasteiger partial charge in [0.15, 0.2) is 11.3 Å². The predicted molar refractivity (Wildman–Crippen MR) is 62.6 cm³/mol. The first-order valence-corrected chi connectivity index (χ1v) is 6.64. The van der Waals surface area contributed by atoms with Gasteiger partial charge in [-0.05, 0) is 25.3 Å². The van der Waals surface area contributed by atoms with Gasteiger partial charge < -0.3 is 4.74 Å². The molecule has 0 amide bonds. The van der Waals surface area contributed by atoms with Gasteiger partial charge in [0.2, 0.25) is 11.1 Å². The molecule has 0 radical (unpaired) electrons. The van der Waals surface area contributed by atoms with E-state index in [-0.39, 0.29) is 6.23 Å². The SMILES string of the molecule is O=S(OI)c1ccnn1C1CCCCO1. The Morgan fingerprint density at radius 3 is 3.20 bits per heavy atom. The molecule has 1 aliphatic rings. The van der Waals surface area contributed by atoms with Crippen molar-refractivity contribution in [1.82, 2.24) is 9.78 Å². The average Bonchev–Trinajstić information content (AvgIpc) is 2.78. The number of nitrogens with zero attached hydrogens (tertiary/aromatic N) is 2. The van der Waals surface area contributed by atoms with Crippen LogP contribution in [-0.4, -0.2) is 20.6 Å². The first-order chi connectivity index (χ1) is 7.33. The minimum atomic E-state index is -1.47. The van der Waals surface area contributed by atoms with Gasteiger partial charge in [0.05, 0.1) is 6.20 Å². The third kappa shape index (κ3) is 2.58. The van der Waals surface area contributed by atoms with Crippen LogP contribution in [-0.2, 0) is 18.3 Å². The van der Waals surface area contributed by atoms with Crippen molar-refractivity contribution >= 4 is 34.1 Å². The Morgan fingerprint density at radius 1 is 1.67 bits per heavy atom. The Hall–Kier alpha value is 0.01000. The maximum atomic E-state index is 11.5. The lowest BCUT2D eigenvalue weighted by Crippen LogP contribution is -2.21. The Kier molecular flexibility index (Phi) is 4.12. The van der Waals surface area contributed by atoms with Crippen LogP contribution in [0.3, 0.4) is 0 Å². The molecule has 0 bridgehead atoms. The molecule has 0 aliphatic carbocycles. The van der Waals surface area contributed by atoms with E-state index in [9.17, 15) is 4.21 Å². The van der Waals surface area contributed by atoms with Crippen LogP contribution in [0.1, 0.15) is 25.5 Å². The topological polar surface area (TPSA) is 53.3 Å². The van der Waals surface area contributed by atoms with Gasteiger partial charge in [-0.15, -0.1) is 0 Å². The molecule has 1 fully saturated rings. The van der Waals surface area contributed by atoms with Crippen molar-refractivity contribution in [3.63, 3.8) is 0 Å². The van der Waals surface area contributed by atoms with Crippen LogP contribution >= 0.6 is 23.0 Å². The Bertz CT molecular complexity index is 351. The zero-order chi connectivity index (χ0) is 10.7. The number of ether oxygens (including phenoxy) is 1. The van der Waals surface area contributed by atoms with Crippen molar-refractivity contribution in [2.75, 3.05) is 6.61 Å². The third-order valence-electron chi connectivity index (χ3n) is 2.29. The molecule has 2 rings (SSSR count). The van der Waals surface area contributed by atoms with E-state index >= 15 is 0 Å². The first-order valence-electron chi connectivity index (χ1n) is 4.69. The van der Waals surface area contributed by atoms with Crippen molar-refractivity contribution in [1.29, 1.82) is 0 Å². The number of aromatic nitrogens is 2. The fourth-order valence-corrected chi connectivity index (χ4v) is 2.71.